The molecule has 7 heteroatoms. The molecule has 23 heavy (non-hydrogen) atoms. The fourth-order valence-electron chi connectivity index (χ4n) is 3.02. The van der Waals surface area contributed by atoms with Crippen LogP contribution in [0.4, 0.5) is 0 Å². The van der Waals surface area contributed by atoms with Gasteiger partial charge < -0.3 is 10.1 Å². The Kier molecular flexibility index (Phi) is 5.85. The number of nitrogens with one attached hydrogen (secondary N) is 3. The van der Waals surface area contributed by atoms with E-state index in [9.17, 15) is 4.79 Å². The van der Waals surface area contributed by atoms with Crippen molar-refractivity contribution in [2.24, 2.45) is 5.92 Å². The van der Waals surface area contributed by atoms with Crippen LogP contribution in [0.3, 0.4) is 0 Å². The van der Waals surface area contributed by atoms with E-state index in [-0.39, 0.29) is 17.9 Å². The van der Waals surface area contributed by atoms with E-state index < -0.39 is 0 Å². The first kappa shape index (κ1) is 16.7. The standard InChI is InChI=1S/C16H23ClN4O2/c17-13-3-1-12(2-4-13)15-14(11-19-20-15)16(22)18-5-6-21-7-9-23-10-8-21/h1-4,14-15,19-20H,5-11H2,(H,18,22). The van der Waals surface area contributed by atoms with Gasteiger partial charge in [0.1, 0.15) is 0 Å². The summed E-state index contributed by atoms with van der Waals surface area (Å²) in [5, 5.41) is 3.76. The molecule has 0 bridgehead atoms. The Morgan fingerprint density at radius 2 is 2.04 bits per heavy atom. The van der Waals surface area contributed by atoms with Crippen molar-refractivity contribution in [2.75, 3.05) is 45.9 Å². The maximum absolute atomic E-state index is 12.5. The maximum Gasteiger partial charge on any atom is 0.226 e. The number of morpholine rings is 1. The Hall–Kier alpha value is -1.18. The third kappa shape index (κ3) is 4.43. The summed E-state index contributed by atoms with van der Waals surface area (Å²) in [6.07, 6.45) is 0. The van der Waals surface area contributed by atoms with Crippen LogP contribution in [0, 0.1) is 5.92 Å². The molecule has 2 saturated heterocycles. The molecule has 1 aromatic rings. The molecule has 2 unspecified atom stereocenters. The van der Waals surface area contributed by atoms with Crippen molar-refractivity contribution in [3.8, 4) is 0 Å². The predicted octanol–water partition coefficient (Wildman–Crippen LogP) is 0.554. The van der Waals surface area contributed by atoms with Gasteiger partial charge in [0, 0.05) is 37.7 Å². The van der Waals surface area contributed by atoms with Crippen LogP contribution in [0.5, 0.6) is 0 Å². The lowest BCUT2D eigenvalue weighted by Gasteiger charge is -2.27. The number of rotatable bonds is 5. The van der Waals surface area contributed by atoms with Gasteiger partial charge in [0.05, 0.1) is 25.2 Å². The summed E-state index contributed by atoms with van der Waals surface area (Å²) in [5.74, 6) is -0.0448. The summed E-state index contributed by atoms with van der Waals surface area (Å²) in [6, 6.07) is 7.59. The molecule has 1 aromatic carbocycles. The third-order valence-electron chi connectivity index (χ3n) is 4.38. The van der Waals surface area contributed by atoms with E-state index in [2.05, 4.69) is 21.1 Å². The lowest BCUT2D eigenvalue weighted by molar-refractivity contribution is -0.125. The van der Waals surface area contributed by atoms with Gasteiger partial charge in [0.15, 0.2) is 0 Å². The number of benzene rings is 1. The smallest absolute Gasteiger partial charge is 0.226 e. The number of halogens is 1. The highest BCUT2D eigenvalue weighted by molar-refractivity contribution is 6.30. The molecular formula is C16H23ClN4O2. The van der Waals surface area contributed by atoms with Crippen molar-refractivity contribution in [3.63, 3.8) is 0 Å². The van der Waals surface area contributed by atoms with Crippen molar-refractivity contribution < 1.29 is 9.53 Å². The van der Waals surface area contributed by atoms with E-state index in [1.165, 1.54) is 0 Å². The summed E-state index contributed by atoms with van der Waals surface area (Å²) in [4.78, 5) is 14.8. The van der Waals surface area contributed by atoms with E-state index in [0.717, 1.165) is 38.4 Å². The van der Waals surface area contributed by atoms with Crippen LogP contribution in [0.15, 0.2) is 24.3 Å². The van der Waals surface area contributed by atoms with Crippen LogP contribution in [0.1, 0.15) is 11.6 Å². The Balaban J connectivity index is 1.50. The average Bonchev–Trinajstić information content (AvgIpc) is 3.06. The summed E-state index contributed by atoms with van der Waals surface area (Å²) in [5.41, 5.74) is 7.33. The summed E-state index contributed by atoms with van der Waals surface area (Å²) in [7, 11) is 0. The minimum absolute atomic E-state index is 0.0318. The number of carbonyl (C=O) groups excluding carboxylic acids is 1. The maximum atomic E-state index is 12.5. The van der Waals surface area contributed by atoms with Crippen LogP contribution in [0.2, 0.25) is 5.02 Å². The number of amides is 1. The van der Waals surface area contributed by atoms with Gasteiger partial charge in [-0.1, -0.05) is 23.7 Å². The Bertz CT molecular complexity index is 519. The quantitative estimate of drug-likeness (QED) is 0.732. The minimum Gasteiger partial charge on any atom is -0.379 e. The summed E-state index contributed by atoms with van der Waals surface area (Å²) >= 11 is 5.93. The predicted molar refractivity (Wildman–Crippen MR) is 89.1 cm³/mol. The second-order valence-electron chi connectivity index (χ2n) is 5.91. The number of hydrogen-bond donors (Lipinski definition) is 3. The number of carbonyl (C=O) groups is 1. The number of hydrazine groups is 1. The molecular weight excluding hydrogens is 316 g/mol. The molecule has 2 aliphatic heterocycles. The zero-order valence-corrected chi connectivity index (χ0v) is 13.8. The largest absolute Gasteiger partial charge is 0.379 e. The summed E-state index contributed by atoms with van der Waals surface area (Å²) < 4.78 is 5.32. The van der Waals surface area contributed by atoms with E-state index in [0.29, 0.717) is 18.1 Å². The van der Waals surface area contributed by atoms with Gasteiger partial charge in [-0.3, -0.25) is 15.1 Å². The van der Waals surface area contributed by atoms with Crippen LogP contribution in [-0.2, 0) is 9.53 Å². The Labute approximate surface area is 141 Å². The fraction of sp³-hybridized carbons (Fsp3) is 0.562. The highest BCUT2D eigenvalue weighted by Crippen LogP contribution is 2.26. The van der Waals surface area contributed by atoms with Gasteiger partial charge in [0.2, 0.25) is 5.91 Å². The molecule has 2 aliphatic rings. The van der Waals surface area contributed by atoms with Gasteiger partial charge in [-0.2, -0.15) is 0 Å². The zero-order chi connectivity index (χ0) is 16.1. The third-order valence-corrected chi connectivity index (χ3v) is 4.63. The van der Waals surface area contributed by atoms with E-state index in [1.807, 2.05) is 24.3 Å². The van der Waals surface area contributed by atoms with Crippen LogP contribution in [0.25, 0.3) is 0 Å². The Morgan fingerprint density at radius 3 is 2.78 bits per heavy atom. The first-order valence-electron chi connectivity index (χ1n) is 8.06. The molecule has 3 rings (SSSR count). The van der Waals surface area contributed by atoms with Gasteiger partial charge in [-0.15, -0.1) is 0 Å². The first-order chi connectivity index (χ1) is 11.2. The van der Waals surface area contributed by atoms with Crippen LogP contribution in [-0.4, -0.2) is 56.7 Å². The SMILES string of the molecule is O=C(NCCN1CCOCC1)C1CNNC1c1ccc(Cl)cc1. The lowest BCUT2D eigenvalue weighted by Crippen LogP contribution is -2.43. The fourth-order valence-corrected chi connectivity index (χ4v) is 3.15. The van der Waals surface area contributed by atoms with Gasteiger partial charge in [-0.25, -0.2) is 5.43 Å². The molecule has 1 amide bonds. The molecule has 6 nitrogen and oxygen atoms in total. The second-order valence-corrected chi connectivity index (χ2v) is 6.34. The minimum atomic E-state index is -0.124. The Morgan fingerprint density at radius 1 is 1.30 bits per heavy atom. The van der Waals surface area contributed by atoms with Gasteiger partial charge in [0.25, 0.3) is 0 Å². The molecule has 0 aromatic heterocycles. The van der Waals surface area contributed by atoms with Crippen LogP contribution < -0.4 is 16.2 Å². The van der Waals surface area contributed by atoms with E-state index in [1.54, 1.807) is 0 Å². The lowest BCUT2D eigenvalue weighted by atomic mass is 9.94. The monoisotopic (exact) mass is 338 g/mol. The average molecular weight is 339 g/mol. The van der Waals surface area contributed by atoms with E-state index >= 15 is 0 Å². The zero-order valence-electron chi connectivity index (χ0n) is 13.1. The van der Waals surface area contributed by atoms with Gasteiger partial charge in [-0.05, 0) is 17.7 Å². The van der Waals surface area contributed by atoms with Crippen LogP contribution >= 0.6 is 11.6 Å². The van der Waals surface area contributed by atoms with Crippen molar-refractivity contribution >= 4 is 17.5 Å². The highest BCUT2D eigenvalue weighted by Gasteiger charge is 2.33. The molecule has 2 fully saturated rings. The number of hydrogen-bond acceptors (Lipinski definition) is 5. The topological polar surface area (TPSA) is 65.6 Å². The number of ether oxygens (including phenoxy) is 1. The van der Waals surface area contributed by atoms with Crippen molar-refractivity contribution in [3.05, 3.63) is 34.9 Å². The first-order valence-corrected chi connectivity index (χ1v) is 8.43. The molecule has 3 N–H and O–H groups in total. The highest BCUT2D eigenvalue weighted by atomic mass is 35.5. The van der Waals surface area contributed by atoms with Crippen molar-refractivity contribution in [2.45, 2.75) is 6.04 Å². The van der Waals surface area contributed by atoms with Gasteiger partial charge >= 0.3 is 0 Å². The van der Waals surface area contributed by atoms with E-state index in [4.69, 9.17) is 16.3 Å². The molecule has 126 valence electrons. The molecule has 0 saturated carbocycles. The molecule has 2 heterocycles. The molecule has 0 spiro atoms. The molecule has 0 aliphatic carbocycles. The molecule has 0 radical (unpaired) electrons. The van der Waals surface area contributed by atoms with Crippen molar-refractivity contribution in [1.82, 2.24) is 21.1 Å². The second kappa shape index (κ2) is 8.08. The summed E-state index contributed by atoms with van der Waals surface area (Å²) in [6.45, 7) is 5.60. The molecule has 2 atom stereocenters. The van der Waals surface area contributed by atoms with Crippen molar-refractivity contribution in [1.29, 1.82) is 0 Å². The number of nitrogens with zero attached hydrogens (tertiary/aromatic N) is 1. The normalized spacial score (nSPS) is 25.4.